The SMILES string of the molecule is COC(=O)C1=C(C)N(c2ccc3c(c2)OCO3)C(=O)N[C@H]1c1c(F)cccc1Cl. The molecule has 0 bridgehead atoms. The highest BCUT2D eigenvalue weighted by atomic mass is 35.5. The number of carbonyl (C=O) groups excluding carboxylic acids is 2. The van der Waals surface area contributed by atoms with E-state index in [1.165, 1.54) is 30.2 Å². The van der Waals surface area contributed by atoms with Crippen molar-refractivity contribution in [1.29, 1.82) is 0 Å². The maximum Gasteiger partial charge on any atom is 0.337 e. The van der Waals surface area contributed by atoms with E-state index < -0.39 is 23.9 Å². The Kier molecular flexibility index (Phi) is 4.79. The summed E-state index contributed by atoms with van der Waals surface area (Å²) in [7, 11) is 1.21. The second-order valence-corrected chi connectivity index (χ2v) is 6.79. The summed E-state index contributed by atoms with van der Waals surface area (Å²) in [5.41, 5.74) is 0.789. The summed E-state index contributed by atoms with van der Waals surface area (Å²) in [5, 5.41) is 2.74. The summed E-state index contributed by atoms with van der Waals surface area (Å²) >= 11 is 6.18. The molecule has 2 aromatic rings. The summed E-state index contributed by atoms with van der Waals surface area (Å²) in [5.74, 6) is -0.329. The molecule has 0 spiro atoms. The van der Waals surface area contributed by atoms with Gasteiger partial charge < -0.3 is 19.5 Å². The molecule has 0 fully saturated rings. The van der Waals surface area contributed by atoms with Crippen molar-refractivity contribution in [1.82, 2.24) is 5.32 Å². The van der Waals surface area contributed by atoms with Gasteiger partial charge in [0.2, 0.25) is 6.79 Å². The molecule has 2 aliphatic heterocycles. The van der Waals surface area contributed by atoms with Crippen molar-refractivity contribution >= 4 is 29.3 Å². The quantitative estimate of drug-likeness (QED) is 0.764. The third-order valence-electron chi connectivity index (χ3n) is 4.79. The third kappa shape index (κ3) is 3.15. The van der Waals surface area contributed by atoms with E-state index in [0.29, 0.717) is 17.2 Å². The monoisotopic (exact) mass is 418 g/mol. The highest BCUT2D eigenvalue weighted by molar-refractivity contribution is 6.31. The van der Waals surface area contributed by atoms with Gasteiger partial charge in [0, 0.05) is 22.3 Å². The number of halogens is 2. The molecule has 2 heterocycles. The van der Waals surface area contributed by atoms with Crippen molar-refractivity contribution in [2.75, 3.05) is 18.8 Å². The Bertz CT molecular complexity index is 1030. The van der Waals surface area contributed by atoms with Crippen LogP contribution in [0.3, 0.4) is 0 Å². The Hall–Kier alpha value is -3.26. The van der Waals surface area contributed by atoms with Crippen molar-refractivity contribution in [3.8, 4) is 11.5 Å². The van der Waals surface area contributed by atoms with Crippen molar-refractivity contribution in [3.05, 3.63) is 64.1 Å². The van der Waals surface area contributed by atoms with Gasteiger partial charge in [0.15, 0.2) is 11.5 Å². The zero-order chi connectivity index (χ0) is 20.7. The lowest BCUT2D eigenvalue weighted by Gasteiger charge is -2.35. The smallest absolute Gasteiger partial charge is 0.337 e. The number of benzene rings is 2. The molecule has 0 unspecified atom stereocenters. The first-order valence-electron chi connectivity index (χ1n) is 8.65. The van der Waals surface area contributed by atoms with Gasteiger partial charge in [0.25, 0.3) is 0 Å². The first-order chi connectivity index (χ1) is 13.9. The minimum atomic E-state index is -1.10. The van der Waals surface area contributed by atoms with Crippen LogP contribution >= 0.6 is 11.6 Å². The third-order valence-corrected chi connectivity index (χ3v) is 5.12. The Morgan fingerprint density at radius 2 is 2.03 bits per heavy atom. The first kappa shape index (κ1) is 19.1. The van der Waals surface area contributed by atoms with Crippen LogP contribution in [0.2, 0.25) is 5.02 Å². The number of methoxy groups -OCH3 is 1. The normalized spacial score (nSPS) is 18.0. The maximum absolute atomic E-state index is 14.5. The minimum absolute atomic E-state index is 0.00685. The van der Waals surface area contributed by atoms with Gasteiger partial charge >= 0.3 is 12.0 Å². The fraction of sp³-hybridized carbons (Fsp3) is 0.200. The van der Waals surface area contributed by atoms with Gasteiger partial charge in [-0.05, 0) is 31.2 Å². The van der Waals surface area contributed by atoms with Crippen LogP contribution in [0.25, 0.3) is 0 Å². The lowest BCUT2D eigenvalue weighted by atomic mass is 9.94. The van der Waals surface area contributed by atoms with Crippen molar-refractivity contribution in [2.45, 2.75) is 13.0 Å². The summed E-state index contributed by atoms with van der Waals surface area (Å²) in [6.07, 6.45) is 0. The van der Waals surface area contributed by atoms with Crippen LogP contribution in [0, 0.1) is 5.82 Å². The number of nitrogens with one attached hydrogen (secondary N) is 1. The van der Waals surface area contributed by atoms with E-state index in [4.69, 9.17) is 25.8 Å². The molecule has 0 saturated heterocycles. The van der Waals surface area contributed by atoms with Crippen LogP contribution < -0.4 is 19.7 Å². The molecule has 9 heteroatoms. The number of hydrogen-bond acceptors (Lipinski definition) is 5. The molecule has 0 saturated carbocycles. The highest BCUT2D eigenvalue weighted by Crippen LogP contribution is 2.40. The molecule has 0 aromatic heterocycles. The number of nitrogens with zero attached hydrogens (tertiary/aromatic N) is 1. The summed E-state index contributed by atoms with van der Waals surface area (Å²) in [6.45, 7) is 1.67. The van der Waals surface area contributed by atoms with Crippen LogP contribution in [-0.4, -0.2) is 25.9 Å². The largest absolute Gasteiger partial charge is 0.466 e. The topological polar surface area (TPSA) is 77.1 Å². The Morgan fingerprint density at radius 3 is 2.76 bits per heavy atom. The van der Waals surface area contributed by atoms with Gasteiger partial charge in [-0.25, -0.2) is 14.0 Å². The Balaban J connectivity index is 1.86. The molecule has 0 aliphatic carbocycles. The molecule has 2 amide bonds. The maximum atomic E-state index is 14.5. The van der Waals surface area contributed by atoms with E-state index in [2.05, 4.69) is 5.32 Å². The fourth-order valence-corrected chi connectivity index (χ4v) is 3.73. The predicted molar refractivity (Wildman–Crippen MR) is 102 cm³/mol. The van der Waals surface area contributed by atoms with Gasteiger partial charge in [-0.15, -0.1) is 0 Å². The van der Waals surface area contributed by atoms with Gasteiger partial charge in [-0.1, -0.05) is 17.7 Å². The first-order valence-corrected chi connectivity index (χ1v) is 9.03. The van der Waals surface area contributed by atoms with Gasteiger partial charge in [-0.2, -0.15) is 0 Å². The number of amides is 2. The number of esters is 1. The summed E-state index contributed by atoms with van der Waals surface area (Å²) in [4.78, 5) is 26.8. The van der Waals surface area contributed by atoms with Crippen molar-refractivity contribution in [2.24, 2.45) is 0 Å². The van der Waals surface area contributed by atoms with Crippen molar-refractivity contribution < 1.29 is 28.2 Å². The van der Waals surface area contributed by atoms with Gasteiger partial charge in [0.1, 0.15) is 5.82 Å². The van der Waals surface area contributed by atoms with E-state index in [1.54, 1.807) is 25.1 Å². The Labute approximate surface area is 170 Å². The molecule has 150 valence electrons. The van der Waals surface area contributed by atoms with Crippen LogP contribution in [-0.2, 0) is 9.53 Å². The van der Waals surface area contributed by atoms with Crippen LogP contribution in [0.15, 0.2) is 47.7 Å². The lowest BCUT2D eigenvalue weighted by Crippen LogP contribution is -2.48. The standard InChI is InChI=1S/C20H16ClFN2O5/c1-10-16(19(25)27-2)18(17-12(21)4-3-5-13(17)22)23-20(26)24(10)11-6-7-14-15(8-11)29-9-28-14/h3-8,18H,9H2,1-2H3,(H,23,26)/t18-/m1/s1. The minimum Gasteiger partial charge on any atom is -0.466 e. The molecule has 1 N–H and O–H groups in total. The molecule has 1 atom stereocenters. The average molecular weight is 419 g/mol. The number of hydrogen-bond donors (Lipinski definition) is 1. The van der Waals surface area contributed by atoms with E-state index in [1.807, 2.05) is 0 Å². The Morgan fingerprint density at radius 1 is 1.28 bits per heavy atom. The number of ether oxygens (including phenoxy) is 3. The summed E-state index contributed by atoms with van der Waals surface area (Å²) < 4.78 is 30.1. The highest BCUT2D eigenvalue weighted by Gasteiger charge is 2.39. The summed E-state index contributed by atoms with van der Waals surface area (Å²) in [6, 6.07) is 7.42. The molecular formula is C20H16ClFN2O5. The molecule has 2 aromatic carbocycles. The number of urea groups is 1. The van der Waals surface area contributed by atoms with Gasteiger partial charge in [-0.3, -0.25) is 4.90 Å². The van der Waals surface area contributed by atoms with E-state index >= 15 is 0 Å². The van der Waals surface area contributed by atoms with E-state index in [9.17, 15) is 14.0 Å². The van der Waals surface area contributed by atoms with Crippen LogP contribution in [0.5, 0.6) is 11.5 Å². The van der Waals surface area contributed by atoms with Crippen LogP contribution in [0.4, 0.5) is 14.9 Å². The number of allylic oxidation sites excluding steroid dienone is 1. The van der Waals surface area contributed by atoms with Crippen molar-refractivity contribution in [3.63, 3.8) is 0 Å². The lowest BCUT2D eigenvalue weighted by molar-refractivity contribution is -0.136. The number of fused-ring (bicyclic) bond motifs is 1. The molecular weight excluding hydrogens is 403 g/mol. The fourth-order valence-electron chi connectivity index (χ4n) is 3.46. The van der Waals surface area contributed by atoms with Crippen LogP contribution in [0.1, 0.15) is 18.5 Å². The zero-order valence-electron chi connectivity index (χ0n) is 15.5. The molecule has 0 radical (unpaired) electrons. The average Bonchev–Trinajstić information content (AvgIpc) is 3.15. The van der Waals surface area contributed by atoms with Gasteiger partial charge in [0.05, 0.1) is 24.4 Å². The molecule has 2 aliphatic rings. The second-order valence-electron chi connectivity index (χ2n) is 6.38. The number of rotatable bonds is 3. The van der Waals surface area contributed by atoms with E-state index in [0.717, 1.165) is 0 Å². The predicted octanol–water partition coefficient (Wildman–Crippen LogP) is 3.93. The number of anilines is 1. The molecule has 4 rings (SSSR count). The molecule has 7 nitrogen and oxygen atoms in total. The molecule has 29 heavy (non-hydrogen) atoms. The second kappa shape index (κ2) is 7.29. The van der Waals surface area contributed by atoms with E-state index in [-0.39, 0.29) is 28.6 Å². The zero-order valence-corrected chi connectivity index (χ0v) is 16.2. The number of carbonyl (C=O) groups is 2.